The second-order valence-electron chi connectivity index (χ2n) is 11.3. The fourth-order valence-electron chi connectivity index (χ4n) is 5.25. The lowest BCUT2D eigenvalue weighted by Crippen LogP contribution is -2.13. The molecule has 0 aliphatic heterocycles. The van der Waals surface area contributed by atoms with Gasteiger partial charge in [-0.3, -0.25) is 0 Å². The van der Waals surface area contributed by atoms with Crippen LogP contribution in [0.2, 0.25) is 0 Å². The van der Waals surface area contributed by atoms with E-state index in [0.29, 0.717) is 22.8 Å². The van der Waals surface area contributed by atoms with Gasteiger partial charge in [0.2, 0.25) is 0 Å². The van der Waals surface area contributed by atoms with Crippen LogP contribution in [0, 0.1) is 13.8 Å². The predicted molar refractivity (Wildman–Crippen MR) is 192 cm³/mol. The number of nitrogens with zero attached hydrogens (tertiary/aromatic N) is 15. The van der Waals surface area contributed by atoms with Gasteiger partial charge in [0, 0.05) is 0 Å². The number of azo groups is 2. The number of carbonyl (C=O) groups is 2. The molecule has 0 bridgehead atoms. The molecule has 0 atom stereocenters. The summed E-state index contributed by atoms with van der Waals surface area (Å²) in [5, 5.41) is 45.1. The molecule has 5 heterocycles. The van der Waals surface area contributed by atoms with Crippen molar-refractivity contribution >= 4 is 46.6 Å². The number of hydrogen-bond donors (Lipinski definition) is 3. The molecule has 22 heteroatoms. The Balaban J connectivity index is 1.23. The molecule has 0 amide bonds. The standard InChI is InChI=1S/C33H29N17O5/c1-17-23(41-43-27-21(29(51)54-3)15-36-47(27)19-11-7-5-8-12-19)25(34)49(45-17)31-38-32(40-33(53)39-31)50-26(35)24(18(2)46-50)42-44-28-22(30(52)55-4)16-37-48(28)20-13-9-6-10-14-20/h5-16H,34-35H2,1-4H3,(H,38,39,40,53)/b43-41+,44-42+. The van der Waals surface area contributed by atoms with Gasteiger partial charge in [-0.25, -0.2) is 19.0 Å². The Morgan fingerprint density at radius 2 is 1.02 bits per heavy atom. The molecule has 276 valence electrons. The third-order valence-electron chi connectivity index (χ3n) is 7.90. The van der Waals surface area contributed by atoms with E-state index in [1.807, 2.05) is 12.1 Å². The zero-order valence-electron chi connectivity index (χ0n) is 29.4. The molecule has 2 aromatic carbocycles. The summed E-state index contributed by atoms with van der Waals surface area (Å²) in [5.41, 5.74) is 15.1. The summed E-state index contributed by atoms with van der Waals surface area (Å²) in [6.07, 6.45) is 2.63. The number of aromatic hydroxyl groups is 1. The number of nitrogens with two attached hydrogens (primary N) is 2. The first-order chi connectivity index (χ1) is 26.6. The molecule has 0 fully saturated rings. The molecule has 22 nitrogen and oxygen atoms in total. The van der Waals surface area contributed by atoms with Gasteiger partial charge in [0.05, 0.1) is 49.4 Å². The Kier molecular flexibility index (Phi) is 9.26. The normalized spacial score (nSPS) is 11.5. The molecule has 7 aromatic rings. The van der Waals surface area contributed by atoms with Gasteiger partial charge in [-0.15, -0.1) is 20.5 Å². The largest absolute Gasteiger partial charge is 0.479 e. The number of rotatable bonds is 10. The second-order valence-corrected chi connectivity index (χ2v) is 11.3. The van der Waals surface area contributed by atoms with Crippen LogP contribution < -0.4 is 11.5 Å². The number of carbonyl (C=O) groups excluding carboxylic acids is 2. The first-order valence-corrected chi connectivity index (χ1v) is 16.0. The molecule has 0 radical (unpaired) electrons. The highest BCUT2D eigenvalue weighted by atomic mass is 16.5. The summed E-state index contributed by atoms with van der Waals surface area (Å²) in [6, 6.07) is 17.3. The van der Waals surface area contributed by atoms with E-state index in [9.17, 15) is 14.7 Å². The Morgan fingerprint density at radius 3 is 1.40 bits per heavy atom. The lowest BCUT2D eigenvalue weighted by Gasteiger charge is -2.06. The van der Waals surface area contributed by atoms with E-state index >= 15 is 0 Å². The molecular weight excluding hydrogens is 714 g/mol. The molecule has 55 heavy (non-hydrogen) atoms. The number of hydrogen-bond acceptors (Lipinski definition) is 18. The predicted octanol–water partition coefficient (Wildman–Crippen LogP) is 4.51. The molecule has 0 saturated heterocycles. The number of anilines is 2. The third kappa shape index (κ3) is 6.56. The summed E-state index contributed by atoms with van der Waals surface area (Å²) >= 11 is 0. The number of nitrogen functional groups attached to an aromatic ring is 2. The highest BCUT2D eigenvalue weighted by molar-refractivity contribution is 5.94. The SMILES string of the molecule is COC(=O)c1cnn(-c2ccccc2)c1/N=N/c1c(C)nn(-c2nc(O)nc(-n3nc(C)c(/N=N/c4c(C(=O)OC)cnn4-c4ccccc4)c3N)n2)c1N. The number of esters is 2. The Hall–Kier alpha value is -8.17. The van der Waals surface area contributed by atoms with Crippen LogP contribution in [0.1, 0.15) is 32.1 Å². The molecular formula is C33H29N17O5. The van der Waals surface area contributed by atoms with E-state index in [1.54, 1.807) is 62.4 Å². The first kappa shape index (κ1) is 35.2. The summed E-state index contributed by atoms with van der Waals surface area (Å²) in [6.45, 7) is 3.22. The summed E-state index contributed by atoms with van der Waals surface area (Å²) in [5.74, 6) is -1.78. The van der Waals surface area contributed by atoms with Crippen molar-refractivity contribution < 1.29 is 24.2 Å². The zero-order chi connectivity index (χ0) is 38.8. The van der Waals surface area contributed by atoms with Gasteiger partial charge in [0.1, 0.15) is 11.1 Å². The average Bonchev–Trinajstić information content (AvgIpc) is 3.96. The molecule has 0 saturated carbocycles. The van der Waals surface area contributed by atoms with E-state index in [2.05, 4.69) is 55.8 Å². The molecule has 5 N–H and O–H groups in total. The van der Waals surface area contributed by atoms with Crippen LogP contribution in [-0.2, 0) is 9.47 Å². The minimum atomic E-state index is -0.713. The lowest BCUT2D eigenvalue weighted by molar-refractivity contribution is 0.0592. The van der Waals surface area contributed by atoms with E-state index in [-0.39, 0.29) is 57.7 Å². The monoisotopic (exact) mass is 743 g/mol. The van der Waals surface area contributed by atoms with Gasteiger partial charge in [0.15, 0.2) is 34.6 Å². The smallest absolute Gasteiger partial charge is 0.343 e. The van der Waals surface area contributed by atoms with Crippen molar-refractivity contribution in [2.75, 3.05) is 25.7 Å². The number of ether oxygens (including phenoxy) is 2. The highest BCUT2D eigenvalue weighted by Gasteiger charge is 2.24. The van der Waals surface area contributed by atoms with Crippen LogP contribution in [0.4, 0.5) is 34.6 Å². The Labute approximate surface area is 309 Å². The minimum Gasteiger partial charge on any atom is -0.479 e. The molecule has 0 spiro atoms. The van der Waals surface area contributed by atoms with Gasteiger partial charge in [-0.2, -0.15) is 44.7 Å². The minimum absolute atomic E-state index is 0.0579. The first-order valence-electron chi connectivity index (χ1n) is 16.0. The maximum absolute atomic E-state index is 12.5. The lowest BCUT2D eigenvalue weighted by atomic mass is 10.3. The van der Waals surface area contributed by atoms with Crippen LogP contribution in [0.25, 0.3) is 23.3 Å². The van der Waals surface area contributed by atoms with Crippen molar-refractivity contribution in [2.24, 2.45) is 20.5 Å². The van der Waals surface area contributed by atoms with Crippen molar-refractivity contribution in [1.29, 1.82) is 0 Å². The summed E-state index contributed by atoms with van der Waals surface area (Å²) in [4.78, 5) is 37.4. The topological polar surface area (TPSA) is 284 Å². The fourth-order valence-corrected chi connectivity index (χ4v) is 5.25. The van der Waals surface area contributed by atoms with Gasteiger partial charge in [-0.05, 0) is 38.1 Å². The highest BCUT2D eigenvalue weighted by Crippen LogP contribution is 2.34. The van der Waals surface area contributed by atoms with E-state index < -0.39 is 17.9 Å². The van der Waals surface area contributed by atoms with Crippen LogP contribution in [0.5, 0.6) is 6.01 Å². The van der Waals surface area contributed by atoms with Gasteiger partial charge < -0.3 is 26.0 Å². The zero-order valence-corrected chi connectivity index (χ0v) is 29.4. The van der Waals surface area contributed by atoms with Crippen LogP contribution in [0.15, 0.2) is 93.5 Å². The molecule has 0 aliphatic carbocycles. The van der Waals surface area contributed by atoms with Gasteiger partial charge >= 0.3 is 17.9 Å². The second kappa shape index (κ2) is 14.5. The van der Waals surface area contributed by atoms with Crippen LogP contribution >= 0.6 is 0 Å². The number of para-hydroxylation sites is 2. The molecule has 7 rings (SSSR count). The molecule has 0 aliphatic rings. The van der Waals surface area contributed by atoms with E-state index in [0.717, 1.165) is 9.36 Å². The van der Waals surface area contributed by atoms with Gasteiger partial charge in [-0.1, -0.05) is 36.4 Å². The van der Waals surface area contributed by atoms with E-state index in [4.69, 9.17) is 20.9 Å². The molecule has 0 unspecified atom stereocenters. The van der Waals surface area contributed by atoms with Crippen molar-refractivity contribution in [3.05, 3.63) is 95.6 Å². The number of aromatic nitrogens is 11. The van der Waals surface area contributed by atoms with Crippen molar-refractivity contribution in [2.45, 2.75) is 13.8 Å². The van der Waals surface area contributed by atoms with Gasteiger partial charge in [0.25, 0.3) is 11.9 Å². The number of aryl methyl sites for hydroxylation is 2. The summed E-state index contributed by atoms with van der Waals surface area (Å²) in [7, 11) is 2.48. The Morgan fingerprint density at radius 1 is 0.618 bits per heavy atom. The quantitative estimate of drug-likeness (QED) is 0.128. The van der Waals surface area contributed by atoms with Crippen LogP contribution in [-0.4, -0.2) is 85.3 Å². The van der Waals surface area contributed by atoms with Crippen molar-refractivity contribution in [3.63, 3.8) is 0 Å². The average molecular weight is 744 g/mol. The summed E-state index contributed by atoms with van der Waals surface area (Å²) < 4.78 is 14.9. The maximum Gasteiger partial charge on any atom is 0.343 e. The Bertz CT molecular complexity index is 2450. The van der Waals surface area contributed by atoms with E-state index in [1.165, 1.54) is 36.0 Å². The van der Waals surface area contributed by atoms with Crippen molar-refractivity contribution in [1.82, 2.24) is 54.1 Å². The molecule has 5 aromatic heterocycles. The van der Waals surface area contributed by atoms with Crippen molar-refractivity contribution in [3.8, 4) is 29.3 Å². The van der Waals surface area contributed by atoms with Crippen LogP contribution in [0.3, 0.4) is 0 Å². The number of benzene rings is 2. The third-order valence-corrected chi connectivity index (χ3v) is 7.90. The maximum atomic E-state index is 12.5. The fraction of sp³-hybridized carbons (Fsp3) is 0.121. The number of methoxy groups -OCH3 is 2.